The van der Waals surface area contributed by atoms with E-state index in [1.165, 1.54) is 64.2 Å². The van der Waals surface area contributed by atoms with Gasteiger partial charge in [0.25, 0.3) is 0 Å². The van der Waals surface area contributed by atoms with E-state index in [2.05, 4.69) is 70.5 Å². The molecule has 0 saturated heterocycles. The highest BCUT2D eigenvalue weighted by atomic mass is 79.9. The molecule has 3 saturated carbocycles. The van der Waals surface area contributed by atoms with Crippen LogP contribution in [0.15, 0.2) is 11.6 Å². The van der Waals surface area contributed by atoms with Gasteiger partial charge in [-0.1, -0.05) is 107 Å². The molecule has 0 amide bonds. The lowest BCUT2D eigenvalue weighted by Crippen LogP contribution is -2.50. The third-order valence-electron chi connectivity index (χ3n) is 11.4. The largest absolute Gasteiger partial charge is 0.286 e. The molecule has 3 fully saturated rings. The molecule has 0 spiro atoms. The van der Waals surface area contributed by atoms with Crippen molar-refractivity contribution in [3.63, 3.8) is 0 Å². The van der Waals surface area contributed by atoms with Crippen LogP contribution in [0.4, 0.5) is 0 Å². The van der Waals surface area contributed by atoms with Crippen LogP contribution in [-0.2, 0) is 4.79 Å². The quantitative estimate of drug-likeness (QED) is 0.215. The van der Waals surface area contributed by atoms with Gasteiger partial charge in [0.15, 0.2) is 0 Å². The number of carbonyl (C=O) groups excluding carboxylic acids is 1. The molecule has 1 nitrogen and oxygen atoms in total. The van der Waals surface area contributed by atoms with E-state index in [1.54, 1.807) is 17.3 Å². The van der Waals surface area contributed by atoms with Gasteiger partial charge < -0.3 is 0 Å². The van der Waals surface area contributed by atoms with E-state index in [-0.39, 0.29) is 4.83 Å². The fourth-order valence-electron chi connectivity index (χ4n) is 9.25. The average Bonchev–Trinajstić information content (AvgIpc) is 3.15. The normalized spacial score (nSPS) is 40.6. The molecule has 0 aromatic rings. The molecule has 0 heterocycles. The molecule has 0 unspecified atom stereocenters. The highest BCUT2D eigenvalue weighted by Crippen LogP contribution is 2.67. The van der Waals surface area contributed by atoms with Crippen LogP contribution < -0.4 is 0 Å². The Morgan fingerprint density at radius 3 is 2.46 bits per heavy atom. The summed E-state index contributed by atoms with van der Waals surface area (Å²) in [4.78, 5) is 12.8. The van der Waals surface area contributed by atoms with Crippen molar-refractivity contribution in [1.82, 2.24) is 0 Å². The maximum Gasteiger partial charge on any atom is 0.203 e. The molecular formula is C32H53BrOS. The fourth-order valence-corrected chi connectivity index (χ4v) is 10.8. The standard InChI is InChI=1S/C32H53BrOS/c1-20(2)9-8-10-22(5)26-13-14-27-25-12-11-23-19-24(35-30(34)29(33)21(3)4)15-17-31(23,6)28(25)16-18-32(26,27)7/h11,20-22,24-29H,8-10,12-19H2,1-7H3/t22-,24-,25-,26+,27-,28-,29+,31-,32+/m0/s1. The zero-order valence-corrected chi connectivity index (χ0v) is 26.1. The maximum absolute atomic E-state index is 12.8. The van der Waals surface area contributed by atoms with E-state index in [4.69, 9.17) is 0 Å². The molecule has 0 aromatic heterocycles. The summed E-state index contributed by atoms with van der Waals surface area (Å²) in [6.45, 7) is 16.9. The minimum atomic E-state index is -0.00961. The van der Waals surface area contributed by atoms with Gasteiger partial charge in [0.1, 0.15) is 0 Å². The van der Waals surface area contributed by atoms with E-state index in [9.17, 15) is 4.79 Å². The molecule has 200 valence electrons. The number of alkyl halides is 1. The zero-order valence-electron chi connectivity index (χ0n) is 23.7. The monoisotopic (exact) mass is 564 g/mol. The van der Waals surface area contributed by atoms with Gasteiger partial charge in [-0.05, 0) is 104 Å². The van der Waals surface area contributed by atoms with Crippen molar-refractivity contribution in [2.24, 2.45) is 52.3 Å². The Balaban J connectivity index is 1.43. The van der Waals surface area contributed by atoms with Crippen molar-refractivity contribution >= 4 is 32.8 Å². The van der Waals surface area contributed by atoms with Crippen LogP contribution in [0, 0.1) is 52.3 Å². The van der Waals surface area contributed by atoms with E-state index in [0.29, 0.717) is 27.1 Å². The first-order valence-electron chi connectivity index (χ1n) is 15.0. The van der Waals surface area contributed by atoms with Crippen molar-refractivity contribution in [2.75, 3.05) is 0 Å². The molecule has 4 aliphatic carbocycles. The molecule has 3 heteroatoms. The van der Waals surface area contributed by atoms with Crippen LogP contribution in [-0.4, -0.2) is 15.2 Å². The lowest BCUT2D eigenvalue weighted by molar-refractivity contribution is -0.111. The Hall–Kier alpha value is 0.240. The maximum atomic E-state index is 12.8. The van der Waals surface area contributed by atoms with Crippen molar-refractivity contribution < 1.29 is 4.79 Å². The first kappa shape index (κ1) is 28.3. The summed E-state index contributed by atoms with van der Waals surface area (Å²) in [6.07, 6.45) is 17.7. The number of thioether (sulfide) groups is 1. The van der Waals surface area contributed by atoms with Crippen molar-refractivity contribution in [3.8, 4) is 0 Å². The first-order chi connectivity index (χ1) is 16.5. The Morgan fingerprint density at radius 1 is 1.03 bits per heavy atom. The molecular weight excluding hydrogens is 512 g/mol. The van der Waals surface area contributed by atoms with Gasteiger partial charge in [0.05, 0.1) is 4.83 Å². The SMILES string of the molecule is CC(C)CCC[C@H](C)[C@H]1CC[C@H]2[C@@H]3CC=C4C[C@@H](SC(=O)[C@H](Br)C(C)C)CC[C@]4(C)[C@H]3CC[C@]12C. The number of hydrogen-bond donors (Lipinski definition) is 0. The van der Waals surface area contributed by atoms with E-state index < -0.39 is 0 Å². The average molecular weight is 566 g/mol. The molecule has 35 heavy (non-hydrogen) atoms. The second kappa shape index (κ2) is 11.2. The summed E-state index contributed by atoms with van der Waals surface area (Å²) >= 11 is 5.28. The first-order valence-corrected chi connectivity index (χ1v) is 16.8. The number of hydrogen-bond acceptors (Lipinski definition) is 2. The molecule has 0 bridgehead atoms. The number of carbonyl (C=O) groups is 1. The van der Waals surface area contributed by atoms with Crippen molar-refractivity contribution in [2.45, 2.75) is 129 Å². The van der Waals surface area contributed by atoms with Crippen molar-refractivity contribution in [1.29, 1.82) is 0 Å². The van der Waals surface area contributed by atoms with Gasteiger partial charge in [-0.3, -0.25) is 4.79 Å². The van der Waals surface area contributed by atoms with Gasteiger partial charge in [-0.15, -0.1) is 0 Å². The van der Waals surface area contributed by atoms with Gasteiger partial charge in [-0.2, -0.15) is 0 Å². The summed E-state index contributed by atoms with van der Waals surface area (Å²) in [7, 11) is 0. The van der Waals surface area contributed by atoms with Crippen molar-refractivity contribution in [3.05, 3.63) is 11.6 Å². The Bertz CT molecular complexity index is 788. The summed E-state index contributed by atoms with van der Waals surface area (Å²) < 4.78 is 0. The summed E-state index contributed by atoms with van der Waals surface area (Å²) in [5.41, 5.74) is 2.67. The van der Waals surface area contributed by atoms with Crippen LogP contribution in [0.3, 0.4) is 0 Å². The molecule has 0 aromatic carbocycles. The van der Waals surface area contributed by atoms with E-state index in [1.807, 2.05) is 0 Å². The van der Waals surface area contributed by atoms with E-state index in [0.717, 1.165) is 41.9 Å². The third kappa shape index (κ3) is 5.53. The molecule has 9 atom stereocenters. The number of rotatable bonds is 8. The highest BCUT2D eigenvalue weighted by molar-refractivity contribution is 9.10. The predicted molar refractivity (Wildman–Crippen MR) is 157 cm³/mol. The zero-order chi connectivity index (χ0) is 25.5. The van der Waals surface area contributed by atoms with Gasteiger partial charge >= 0.3 is 0 Å². The summed E-state index contributed by atoms with van der Waals surface area (Å²) in [6, 6.07) is 0. The lowest BCUT2D eigenvalue weighted by atomic mass is 9.47. The summed E-state index contributed by atoms with van der Waals surface area (Å²) in [5.74, 6) is 5.74. The third-order valence-corrected chi connectivity index (χ3v) is 14.4. The Labute approximate surface area is 229 Å². The number of allylic oxidation sites excluding steroid dienone is 2. The predicted octanol–water partition coefficient (Wildman–Crippen LogP) is 10.1. The molecule has 0 radical (unpaired) electrons. The lowest BCUT2D eigenvalue weighted by Gasteiger charge is -2.58. The smallest absolute Gasteiger partial charge is 0.203 e. The summed E-state index contributed by atoms with van der Waals surface area (Å²) in [5, 5.41) is 0.824. The molecule has 4 rings (SSSR count). The highest BCUT2D eigenvalue weighted by Gasteiger charge is 2.59. The van der Waals surface area contributed by atoms with E-state index >= 15 is 0 Å². The Kier molecular flexibility index (Phi) is 9.00. The molecule has 0 aliphatic heterocycles. The van der Waals surface area contributed by atoms with Gasteiger partial charge in [0, 0.05) is 5.25 Å². The van der Waals surface area contributed by atoms with Gasteiger partial charge in [0.2, 0.25) is 5.12 Å². The molecule has 0 N–H and O–H groups in total. The van der Waals surface area contributed by atoms with Crippen LogP contribution in [0.5, 0.6) is 0 Å². The van der Waals surface area contributed by atoms with Crippen LogP contribution in [0.25, 0.3) is 0 Å². The van der Waals surface area contributed by atoms with Crippen LogP contribution in [0.1, 0.15) is 119 Å². The number of fused-ring (bicyclic) bond motifs is 5. The minimum Gasteiger partial charge on any atom is -0.286 e. The van der Waals surface area contributed by atoms with Crippen LogP contribution >= 0.6 is 27.7 Å². The van der Waals surface area contributed by atoms with Gasteiger partial charge in [-0.25, -0.2) is 0 Å². The second-order valence-electron chi connectivity index (χ2n) is 14.2. The van der Waals surface area contributed by atoms with Crippen LogP contribution in [0.2, 0.25) is 0 Å². The minimum absolute atomic E-state index is 0.00961. The topological polar surface area (TPSA) is 17.1 Å². The Morgan fingerprint density at radius 2 is 1.77 bits per heavy atom. The fraction of sp³-hybridized carbons (Fsp3) is 0.906. The molecule has 4 aliphatic rings. The number of halogens is 1. The second-order valence-corrected chi connectivity index (χ2v) is 16.5.